The maximum Gasteiger partial charge on any atom is 0.0541 e. The zero-order valence-electron chi connectivity index (χ0n) is 32.7. The molecule has 60 heavy (non-hydrogen) atoms. The lowest BCUT2D eigenvalue weighted by molar-refractivity contribution is 1.18. The molecular formula is C58H36N2. The van der Waals surface area contributed by atoms with E-state index in [9.17, 15) is 0 Å². The lowest BCUT2D eigenvalue weighted by Crippen LogP contribution is -1.94. The second-order valence-corrected chi connectivity index (χ2v) is 16.1. The Morgan fingerprint density at radius 3 is 1.20 bits per heavy atom. The van der Waals surface area contributed by atoms with Crippen molar-refractivity contribution in [2.45, 2.75) is 0 Å². The first-order valence-corrected chi connectivity index (χ1v) is 20.8. The standard InChI is InChI=1S/C58H36N2/c1-2-14-43(15-3-1)59-55-21-11-10-20-50(55)52-34-40(24-29-56(52)59)42-26-31-58-54(36-42)53-35-41(25-30-57(53)60(58)44-27-22-37-12-4-5-13-38(37)32-44)39-23-28-49-47-18-7-6-16-45(47)46-17-8-9-19-48(46)51(49)33-39/h1-36H. The summed E-state index contributed by atoms with van der Waals surface area (Å²) in [5, 5.41) is 15.2. The van der Waals surface area contributed by atoms with Crippen LogP contribution >= 0.6 is 0 Å². The van der Waals surface area contributed by atoms with Crippen LogP contribution in [0.3, 0.4) is 0 Å². The number of para-hydroxylation sites is 2. The van der Waals surface area contributed by atoms with Gasteiger partial charge in [-0.15, -0.1) is 0 Å². The molecule has 0 aliphatic rings. The van der Waals surface area contributed by atoms with Crippen molar-refractivity contribution in [1.82, 2.24) is 9.13 Å². The molecule has 0 saturated heterocycles. The quantitative estimate of drug-likeness (QED) is 0.158. The molecule has 2 aromatic heterocycles. The smallest absolute Gasteiger partial charge is 0.0541 e. The molecule has 0 aliphatic carbocycles. The van der Waals surface area contributed by atoms with Gasteiger partial charge in [0.2, 0.25) is 0 Å². The molecule has 13 rings (SSSR count). The normalized spacial score (nSPS) is 12.0. The van der Waals surface area contributed by atoms with Gasteiger partial charge in [-0.2, -0.15) is 0 Å². The minimum absolute atomic E-state index is 1.16. The second-order valence-electron chi connectivity index (χ2n) is 16.1. The highest BCUT2D eigenvalue weighted by atomic mass is 15.0. The van der Waals surface area contributed by atoms with Crippen molar-refractivity contribution >= 4 is 86.7 Å². The predicted molar refractivity (Wildman–Crippen MR) is 256 cm³/mol. The number of hydrogen-bond acceptors (Lipinski definition) is 0. The minimum atomic E-state index is 1.16. The van der Waals surface area contributed by atoms with E-state index in [-0.39, 0.29) is 0 Å². The molecule has 2 nitrogen and oxygen atoms in total. The van der Waals surface area contributed by atoms with E-state index >= 15 is 0 Å². The summed E-state index contributed by atoms with van der Waals surface area (Å²) >= 11 is 0. The molecule has 0 radical (unpaired) electrons. The molecule has 0 N–H and O–H groups in total. The van der Waals surface area contributed by atoms with Crippen molar-refractivity contribution in [3.05, 3.63) is 218 Å². The number of rotatable bonds is 4. The highest BCUT2D eigenvalue weighted by molar-refractivity contribution is 6.26. The van der Waals surface area contributed by atoms with Gasteiger partial charge in [0.05, 0.1) is 22.1 Å². The molecule has 0 spiro atoms. The molecule has 11 aromatic carbocycles. The Hall–Kier alpha value is -7.94. The zero-order chi connectivity index (χ0) is 39.3. The van der Waals surface area contributed by atoms with E-state index < -0.39 is 0 Å². The van der Waals surface area contributed by atoms with Crippen LogP contribution in [0.1, 0.15) is 0 Å². The molecule has 0 saturated carbocycles. The summed E-state index contributed by atoms with van der Waals surface area (Å²) in [5.41, 5.74) is 12.0. The van der Waals surface area contributed by atoms with Crippen molar-refractivity contribution in [1.29, 1.82) is 0 Å². The summed E-state index contributed by atoms with van der Waals surface area (Å²) in [5.74, 6) is 0. The predicted octanol–water partition coefficient (Wildman–Crippen LogP) is 15.8. The first-order chi connectivity index (χ1) is 29.7. The SMILES string of the molecule is c1ccc(-n2c3ccccc3c3cc(-c4ccc5c(c4)c4cc(-c6ccc7c8ccccc8c8ccccc8c7c6)ccc4n5-c4ccc5ccccc5c4)ccc32)cc1. The molecule has 278 valence electrons. The molecule has 0 unspecified atom stereocenters. The average Bonchev–Trinajstić information content (AvgIpc) is 3.83. The van der Waals surface area contributed by atoms with Gasteiger partial charge in [-0.1, -0.05) is 146 Å². The van der Waals surface area contributed by atoms with E-state index in [1.165, 1.54) is 115 Å². The van der Waals surface area contributed by atoms with E-state index in [0.717, 1.165) is 5.69 Å². The summed E-state index contributed by atoms with van der Waals surface area (Å²) in [6.07, 6.45) is 0. The van der Waals surface area contributed by atoms with Crippen LogP contribution in [-0.4, -0.2) is 9.13 Å². The third kappa shape index (κ3) is 4.88. The zero-order valence-corrected chi connectivity index (χ0v) is 32.7. The second kappa shape index (κ2) is 12.8. The average molecular weight is 761 g/mol. The summed E-state index contributed by atoms with van der Waals surface area (Å²) in [6, 6.07) is 80.7. The van der Waals surface area contributed by atoms with E-state index in [4.69, 9.17) is 0 Å². The maximum absolute atomic E-state index is 2.45. The number of hydrogen-bond donors (Lipinski definition) is 0. The monoisotopic (exact) mass is 760 g/mol. The summed E-state index contributed by atoms with van der Waals surface area (Å²) in [6.45, 7) is 0. The first kappa shape index (κ1) is 33.1. The molecule has 13 aromatic rings. The molecule has 0 bridgehead atoms. The van der Waals surface area contributed by atoms with Crippen LogP contribution in [0.15, 0.2) is 218 Å². The van der Waals surface area contributed by atoms with Crippen LogP contribution in [0.5, 0.6) is 0 Å². The topological polar surface area (TPSA) is 9.86 Å². The van der Waals surface area contributed by atoms with Crippen molar-refractivity contribution in [3.8, 4) is 33.6 Å². The summed E-state index contributed by atoms with van der Waals surface area (Å²) in [7, 11) is 0. The van der Waals surface area contributed by atoms with Gasteiger partial charge < -0.3 is 9.13 Å². The van der Waals surface area contributed by atoms with Gasteiger partial charge in [0.25, 0.3) is 0 Å². The van der Waals surface area contributed by atoms with Crippen molar-refractivity contribution < 1.29 is 0 Å². The van der Waals surface area contributed by atoms with Gasteiger partial charge in [-0.05, 0) is 138 Å². The van der Waals surface area contributed by atoms with Crippen molar-refractivity contribution in [2.75, 3.05) is 0 Å². The molecule has 0 atom stereocenters. The molecule has 0 aliphatic heterocycles. The number of nitrogens with zero attached hydrogens (tertiary/aromatic N) is 2. The molecule has 0 amide bonds. The van der Waals surface area contributed by atoms with E-state index in [1.807, 2.05) is 0 Å². The fraction of sp³-hybridized carbons (Fsp3) is 0. The fourth-order valence-electron chi connectivity index (χ4n) is 10.1. The van der Waals surface area contributed by atoms with Gasteiger partial charge in [0, 0.05) is 32.9 Å². The number of benzene rings is 11. The first-order valence-electron chi connectivity index (χ1n) is 20.8. The Bertz CT molecular complexity index is 3850. The highest BCUT2D eigenvalue weighted by Crippen LogP contribution is 2.42. The van der Waals surface area contributed by atoms with Gasteiger partial charge in [0.1, 0.15) is 0 Å². The Morgan fingerprint density at radius 1 is 0.200 bits per heavy atom. The third-order valence-corrected chi connectivity index (χ3v) is 12.9. The van der Waals surface area contributed by atoms with Crippen LogP contribution in [0.2, 0.25) is 0 Å². The van der Waals surface area contributed by atoms with E-state index in [0.29, 0.717) is 0 Å². The lowest BCUT2D eigenvalue weighted by atomic mass is 9.92. The third-order valence-electron chi connectivity index (χ3n) is 12.9. The van der Waals surface area contributed by atoms with Gasteiger partial charge in [-0.3, -0.25) is 0 Å². The van der Waals surface area contributed by atoms with Crippen LogP contribution < -0.4 is 0 Å². The van der Waals surface area contributed by atoms with Crippen LogP contribution in [0.25, 0.3) is 120 Å². The van der Waals surface area contributed by atoms with Gasteiger partial charge in [-0.25, -0.2) is 0 Å². The molecule has 2 heterocycles. The minimum Gasteiger partial charge on any atom is -0.309 e. The Balaban J connectivity index is 1.03. The number of aromatic nitrogens is 2. The highest BCUT2D eigenvalue weighted by Gasteiger charge is 2.18. The Kier molecular flexibility index (Phi) is 7.05. The van der Waals surface area contributed by atoms with Crippen LogP contribution in [-0.2, 0) is 0 Å². The lowest BCUT2D eigenvalue weighted by Gasteiger charge is -2.12. The van der Waals surface area contributed by atoms with Crippen molar-refractivity contribution in [2.24, 2.45) is 0 Å². The number of fused-ring (bicyclic) bond motifs is 13. The maximum atomic E-state index is 2.45. The summed E-state index contributed by atoms with van der Waals surface area (Å²) in [4.78, 5) is 0. The van der Waals surface area contributed by atoms with Crippen LogP contribution in [0, 0.1) is 0 Å². The van der Waals surface area contributed by atoms with E-state index in [2.05, 4.69) is 228 Å². The van der Waals surface area contributed by atoms with Crippen LogP contribution in [0.4, 0.5) is 0 Å². The van der Waals surface area contributed by atoms with Crippen molar-refractivity contribution in [3.63, 3.8) is 0 Å². The summed E-state index contributed by atoms with van der Waals surface area (Å²) < 4.78 is 4.83. The van der Waals surface area contributed by atoms with E-state index in [1.54, 1.807) is 0 Å². The molecular weight excluding hydrogens is 725 g/mol. The fourth-order valence-corrected chi connectivity index (χ4v) is 10.1. The Labute approximate surface area is 346 Å². The molecule has 2 heteroatoms. The van der Waals surface area contributed by atoms with Gasteiger partial charge >= 0.3 is 0 Å². The molecule has 0 fully saturated rings. The van der Waals surface area contributed by atoms with Gasteiger partial charge in [0.15, 0.2) is 0 Å². The Morgan fingerprint density at radius 2 is 0.600 bits per heavy atom. The largest absolute Gasteiger partial charge is 0.309 e.